The predicted octanol–water partition coefficient (Wildman–Crippen LogP) is 5.82. The summed E-state index contributed by atoms with van der Waals surface area (Å²) in [6, 6.07) is 10.6. The molecule has 1 fully saturated rings. The van der Waals surface area contributed by atoms with Gasteiger partial charge in [0.2, 0.25) is 0 Å². The summed E-state index contributed by atoms with van der Waals surface area (Å²) in [5, 5.41) is 3.53. The lowest BCUT2D eigenvalue weighted by atomic mass is 9.93. The molecule has 1 aromatic heterocycles. The number of esters is 1. The average Bonchev–Trinajstić information content (AvgIpc) is 3.46. The molecule has 0 spiro atoms. The van der Waals surface area contributed by atoms with E-state index in [2.05, 4.69) is 9.69 Å². The first kappa shape index (κ1) is 19.9. The monoisotopic (exact) mass is 430 g/mol. The van der Waals surface area contributed by atoms with Crippen LogP contribution in [0, 0.1) is 12.7 Å². The van der Waals surface area contributed by atoms with Crippen molar-refractivity contribution < 1.29 is 13.9 Å². The second kappa shape index (κ2) is 7.43. The first-order valence-electron chi connectivity index (χ1n) is 9.24. The number of nitrogens with one attached hydrogen (secondary N) is 1. The number of rotatable bonds is 5. The van der Waals surface area contributed by atoms with Crippen LogP contribution < -0.4 is 5.32 Å². The third-order valence-electron chi connectivity index (χ3n) is 5.49. The summed E-state index contributed by atoms with van der Waals surface area (Å²) in [5.74, 6) is -0.569. The van der Waals surface area contributed by atoms with E-state index in [-0.39, 0.29) is 11.8 Å². The maximum absolute atomic E-state index is 15.0. The number of hydrogen-bond donors (Lipinski definition) is 1. The predicted molar refractivity (Wildman–Crippen MR) is 115 cm³/mol. The van der Waals surface area contributed by atoms with Crippen molar-refractivity contribution in [3.63, 3.8) is 0 Å². The van der Waals surface area contributed by atoms with Crippen molar-refractivity contribution in [1.29, 1.82) is 0 Å². The lowest BCUT2D eigenvalue weighted by molar-refractivity contribution is -0.143. The number of halogens is 2. The van der Waals surface area contributed by atoms with E-state index in [0.29, 0.717) is 16.1 Å². The van der Waals surface area contributed by atoms with Crippen molar-refractivity contribution in [1.82, 2.24) is 4.37 Å². The first-order valence-corrected chi connectivity index (χ1v) is 10.4. The number of ether oxygens (including phenoxy) is 1. The van der Waals surface area contributed by atoms with Gasteiger partial charge in [-0.3, -0.25) is 4.79 Å². The highest BCUT2D eigenvalue weighted by molar-refractivity contribution is 7.10. The average molecular weight is 431 g/mol. The van der Waals surface area contributed by atoms with Gasteiger partial charge in [-0.1, -0.05) is 35.9 Å². The number of nitrogens with zero attached hydrogens (tertiary/aromatic N) is 1. The summed E-state index contributed by atoms with van der Waals surface area (Å²) in [4.78, 5) is 12.8. The number of aryl methyl sites for hydroxylation is 1. The summed E-state index contributed by atoms with van der Waals surface area (Å²) in [6.45, 7) is 1.88. The molecule has 1 heterocycles. The van der Waals surface area contributed by atoms with Crippen LogP contribution in [0.3, 0.4) is 0 Å². The van der Waals surface area contributed by atoms with Crippen molar-refractivity contribution in [3.05, 3.63) is 58.5 Å². The van der Waals surface area contributed by atoms with Gasteiger partial charge < -0.3 is 10.1 Å². The van der Waals surface area contributed by atoms with E-state index in [9.17, 15) is 9.18 Å². The first-order chi connectivity index (χ1) is 13.9. The Balaban J connectivity index is 1.70. The molecule has 0 aliphatic heterocycles. The largest absolute Gasteiger partial charge is 0.468 e. The number of carbonyl (C=O) groups excluding carboxylic acids is 1. The van der Waals surface area contributed by atoms with Gasteiger partial charge in [-0.2, -0.15) is 4.37 Å². The van der Waals surface area contributed by atoms with Gasteiger partial charge in [0, 0.05) is 23.2 Å². The van der Waals surface area contributed by atoms with Crippen LogP contribution in [0.4, 0.5) is 10.1 Å². The van der Waals surface area contributed by atoms with Crippen LogP contribution in [0.25, 0.3) is 21.6 Å². The lowest BCUT2D eigenvalue weighted by Gasteiger charge is -2.14. The Morgan fingerprint density at radius 1 is 1.24 bits per heavy atom. The minimum Gasteiger partial charge on any atom is -0.468 e. The molecule has 2 aromatic carbocycles. The zero-order valence-electron chi connectivity index (χ0n) is 16.3. The smallest absolute Gasteiger partial charge is 0.316 e. The van der Waals surface area contributed by atoms with Crippen LogP contribution in [-0.4, -0.2) is 24.5 Å². The fraction of sp³-hybridized carbons (Fsp3) is 0.273. The number of anilines is 1. The Morgan fingerprint density at radius 2 is 1.93 bits per heavy atom. The van der Waals surface area contributed by atoms with Crippen LogP contribution in [-0.2, 0) is 14.9 Å². The van der Waals surface area contributed by atoms with Gasteiger partial charge in [-0.15, -0.1) is 0 Å². The topological polar surface area (TPSA) is 51.2 Å². The second-order valence-electron chi connectivity index (χ2n) is 7.19. The molecule has 0 atom stereocenters. The van der Waals surface area contributed by atoms with Crippen molar-refractivity contribution in [2.24, 2.45) is 0 Å². The summed E-state index contributed by atoms with van der Waals surface area (Å²) in [7, 11) is 3.20. The Hall–Kier alpha value is -2.44. The molecule has 3 aromatic rings. The highest BCUT2D eigenvalue weighted by Crippen LogP contribution is 2.49. The quantitative estimate of drug-likeness (QED) is 0.518. The molecule has 1 aliphatic carbocycles. The minimum atomic E-state index is -0.528. The molecule has 1 N–H and O–H groups in total. The summed E-state index contributed by atoms with van der Waals surface area (Å²) < 4.78 is 24.2. The van der Waals surface area contributed by atoms with Gasteiger partial charge in [0.15, 0.2) is 0 Å². The summed E-state index contributed by atoms with van der Waals surface area (Å²) in [6.07, 6.45) is 1.57. The van der Waals surface area contributed by atoms with Crippen LogP contribution >= 0.6 is 23.1 Å². The Bertz CT molecular complexity index is 1090. The molecule has 0 saturated heterocycles. The normalized spacial score (nSPS) is 14.5. The molecule has 0 unspecified atom stereocenters. The third-order valence-corrected chi connectivity index (χ3v) is 6.77. The second-order valence-corrected chi connectivity index (χ2v) is 8.37. The Morgan fingerprint density at radius 3 is 2.52 bits per heavy atom. The Kier molecular flexibility index (Phi) is 5.09. The maximum atomic E-state index is 15.0. The minimum absolute atomic E-state index is 0.209. The molecule has 150 valence electrons. The lowest BCUT2D eigenvalue weighted by Crippen LogP contribution is -2.21. The van der Waals surface area contributed by atoms with E-state index >= 15 is 0 Å². The van der Waals surface area contributed by atoms with E-state index in [1.165, 1.54) is 24.7 Å². The van der Waals surface area contributed by atoms with Gasteiger partial charge in [-0.05, 0) is 54.6 Å². The molecule has 1 saturated carbocycles. The van der Waals surface area contributed by atoms with E-state index in [1.54, 1.807) is 13.1 Å². The molecule has 0 amide bonds. The van der Waals surface area contributed by atoms with Gasteiger partial charge in [0.05, 0.1) is 28.8 Å². The van der Waals surface area contributed by atoms with Crippen LogP contribution in [0.1, 0.15) is 24.1 Å². The summed E-state index contributed by atoms with van der Waals surface area (Å²) >= 11 is 7.77. The van der Waals surface area contributed by atoms with Crippen molar-refractivity contribution in [2.45, 2.75) is 25.2 Å². The molecular formula is C22H20ClFN2O2S. The van der Waals surface area contributed by atoms with Gasteiger partial charge in [0.1, 0.15) is 5.82 Å². The number of benzene rings is 2. The highest BCUT2D eigenvalue weighted by Gasteiger charge is 2.52. The molecule has 29 heavy (non-hydrogen) atoms. The standard InChI is InChI=1S/C22H20ClFN2O2S/c1-12-19(25-2)20(29-26-12)16-10-17(23)15(11-18(16)24)13-4-6-14(7-5-13)22(8-9-22)21(27)28-3/h4-7,10-11,25H,8-9H2,1-3H3. The summed E-state index contributed by atoms with van der Waals surface area (Å²) in [5.41, 5.74) is 3.84. The molecule has 4 rings (SSSR count). The number of carbonyl (C=O) groups is 1. The fourth-order valence-corrected chi connectivity index (χ4v) is 4.88. The molecule has 7 heteroatoms. The van der Waals surface area contributed by atoms with Crippen molar-refractivity contribution in [2.75, 3.05) is 19.5 Å². The number of aromatic nitrogens is 1. The fourth-order valence-electron chi connectivity index (χ4n) is 3.69. The molecule has 0 radical (unpaired) electrons. The van der Waals surface area contributed by atoms with Crippen LogP contribution in [0.15, 0.2) is 36.4 Å². The van der Waals surface area contributed by atoms with Crippen LogP contribution in [0.5, 0.6) is 0 Å². The van der Waals surface area contributed by atoms with Gasteiger partial charge in [-0.25, -0.2) is 4.39 Å². The SMILES string of the molecule is CNc1c(C)nsc1-c1cc(Cl)c(-c2ccc(C3(C(=O)OC)CC3)cc2)cc1F. The van der Waals surface area contributed by atoms with Gasteiger partial charge >= 0.3 is 5.97 Å². The number of methoxy groups -OCH3 is 1. The van der Waals surface area contributed by atoms with E-state index in [4.69, 9.17) is 16.3 Å². The maximum Gasteiger partial charge on any atom is 0.316 e. The third kappa shape index (κ3) is 3.30. The van der Waals surface area contributed by atoms with Crippen LogP contribution in [0.2, 0.25) is 5.02 Å². The molecular weight excluding hydrogens is 411 g/mol. The van der Waals surface area contributed by atoms with E-state index in [0.717, 1.165) is 40.2 Å². The molecule has 4 nitrogen and oxygen atoms in total. The zero-order chi connectivity index (χ0) is 20.8. The molecule has 0 bridgehead atoms. The Labute approximate surface area is 177 Å². The van der Waals surface area contributed by atoms with Gasteiger partial charge in [0.25, 0.3) is 0 Å². The van der Waals surface area contributed by atoms with E-state index < -0.39 is 5.41 Å². The highest BCUT2D eigenvalue weighted by atomic mass is 35.5. The van der Waals surface area contributed by atoms with E-state index in [1.807, 2.05) is 31.2 Å². The van der Waals surface area contributed by atoms with Crippen molar-refractivity contribution >= 4 is 34.8 Å². The molecule has 1 aliphatic rings. The zero-order valence-corrected chi connectivity index (χ0v) is 17.9. The number of hydrogen-bond acceptors (Lipinski definition) is 5. The van der Waals surface area contributed by atoms with Crippen molar-refractivity contribution in [3.8, 4) is 21.6 Å².